The maximum Gasteiger partial charge on any atom is 0.328 e. The molecule has 10 heteroatoms. The normalized spacial score (nSPS) is 10.6. The number of nitrogens with zero attached hydrogens (tertiary/aromatic N) is 1. The third-order valence-electron chi connectivity index (χ3n) is 5.38. The molecule has 3 N–H and O–H groups in total. The number of carbonyl (C=O) groups excluding carboxylic acids is 3. The number of carbonyl (C=O) groups is 3. The van der Waals surface area contributed by atoms with Crippen molar-refractivity contribution in [2.24, 2.45) is 0 Å². The van der Waals surface area contributed by atoms with Crippen molar-refractivity contribution in [2.75, 3.05) is 24.4 Å². The summed E-state index contributed by atoms with van der Waals surface area (Å²) in [5, 5.41) is 6.58. The molecule has 0 aliphatic heterocycles. The molecule has 1 aromatic heterocycles. The fourth-order valence-corrected chi connectivity index (χ4v) is 4.11. The summed E-state index contributed by atoms with van der Waals surface area (Å²) in [6, 6.07) is 21.0. The van der Waals surface area contributed by atoms with Crippen LogP contribution in [-0.2, 0) is 16.0 Å². The lowest BCUT2D eigenvalue weighted by atomic mass is 10.1. The van der Waals surface area contributed by atoms with Crippen LogP contribution in [0.2, 0.25) is 10.0 Å². The van der Waals surface area contributed by atoms with Crippen LogP contribution in [0.25, 0.3) is 10.9 Å². The SMILES string of the molecule is COc1cccc2cc(C(=O)Nc3ccc(Cl)cc3Cl)n(NC(=O)C(=O)NCCc3ccccc3)c12. The van der Waals surface area contributed by atoms with Crippen LogP contribution >= 0.6 is 23.2 Å². The first-order chi connectivity index (χ1) is 17.4. The Morgan fingerprint density at radius 2 is 1.69 bits per heavy atom. The molecule has 0 bridgehead atoms. The molecule has 4 aromatic rings. The topological polar surface area (TPSA) is 101 Å². The summed E-state index contributed by atoms with van der Waals surface area (Å²) < 4.78 is 6.66. The van der Waals surface area contributed by atoms with Crippen molar-refractivity contribution >= 4 is 57.5 Å². The minimum Gasteiger partial charge on any atom is -0.494 e. The number of hydrogen-bond acceptors (Lipinski definition) is 4. The molecule has 0 unspecified atom stereocenters. The molecule has 0 saturated carbocycles. The van der Waals surface area contributed by atoms with Gasteiger partial charge in [0.15, 0.2) is 0 Å². The Labute approximate surface area is 217 Å². The molecule has 0 spiro atoms. The molecule has 1 heterocycles. The fourth-order valence-electron chi connectivity index (χ4n) is 3.65. The van der Waals surface area contributed by atoms with Crippen molar-refractivity contribution in [1.29, 1.82) is 0 Å². The number of benzene rings is 3. The standard InChI is InChI=1S/C26H22Cl2N4O4/c1-36-22-9-5-8-17-14-21(24(33)30-20-11-10-18(27)15-19(20)28)32(23(17)22)31-26(35)25(34)29-13-12-16-6-3-2-4-7-16/h2-11,14-15H,12-13H2,1H3,(H,29,34)(H,30,33)(H,31,35). The van der Waals surface area contributed by atoms with E-state index in [2.05, 4.69) is 16.1 Å². The second-order valence-electron chi connectivity index (χ2n) is 7.77. The van der Waals surface area contributed by atoms with Crippen molar-refractivity contribution < 1.29 is 19.1 Å². The molecule has 3 amide bonds. The minimum atomic E-state index is -0.940. The lowest BCUT2D eigenvalue weighted by molar-refractivity contribution is -0.136. The monoisotopic (exact) mass is 524 g/mol. The molecule has 184 valence electrons. The summed E-state index contributed by atoms with van der Waals surface area (Å²) in [4.78, 5) is 38.5. The van der Waals surface area contributed by atoms with Crippen LogP contribution < -0.4 is 20.8 Å². The zero-order valence-corrected chi connectivity index (χ0v) is 20.7. The number of methoxy groups -OCH3 is 1. The van der Waals surface area contributed by atoms with E-state index >= 15 is 0 Å². The van der Waals surface area contributed by atoms with Crippen molar-refractivity contribution in [3.05, 3.63) is 94.1 Å². The summed E-state index contributed by atoms with van der Waals surface area (Å²) >= 11 is 12.1. The predicted molar refractivity (Wildman–Crippen MR) is 140 cm³/mol. The number of rotatable bonds is 7. The highest BCUT2D eigenvalue weighted by atomic mass is 35.5. The molecule has 3 aromatic carbocycles. The Kier molecular flexibility index (Phi) is 7.77. The zero-order chi connectivity index (χ0) is 25.7. The van der Waals surface area contributed by atoms with Gasteiger partial charge in [0.05, 0.1) is 17.8 Å². The average Bonchev–Trinajstić information content (AvgIpc) is 3.25. The van der Waals surface area contributed by atoms with Gasteiger partial charge in [0.2, 0.25) is 0 Å². The summed E-state index contributed by atoms with van der Waals surface area (Å²) in [6.07, 6.45) is 0.565. The molecule has 4 rings (SSSR count). The Hall–Kier alpha value is -4.01. The molecule has 0 aliphatic carbocycles. The molecular weight excluding hydrogens is 503 g/mol. The summed E-state index contributed by atoms with van der Waals surface area (Å²) in [5.41, 5.74) is 4.35. The zero-order valence-electron chi connectivity index (χ0n) is 19.2. The van der Waals surface area contributed by atoms with Crippen molar-refractivity contribution in [1.82, 2.24) is 9.99 Å². The van der Waals surface area contributed by atoms with E-state index in [-0.39, 0.29) is 17.3 Å². The Balaban J connectivity index is 1.58. The first-order valence-corrected chi connectivity index (χ1v) is 11.7. The van der Waals surface area contributed by atoms with E-state index in [1.165, 1.54) is 17.9 Å². The van der Waals surface area contributed by atoms with Crippen LogP contribution in [0, 0.1) is 0 Å². The van der Waals surface area contributed by atoms with Crippen LogP contribution in [0.4, 0.5) is 5.69 Å². The first-order valence-electron chi connectivity index (χ1n) is 11.0. The van der Waals surface area contributed by atoms with Crippen LogP contribution in [0.3, 0.4) is 0 Å². The van der Waals surface area contributed by atoms with Crippen molar-refractivity contribution in [3.8, 4) is 5.75 Å². The van der Waals surface area contributed by atoms with Gasteiger partial charge in [-0.3, -0.25) is 19.8 Å². The third-order valence-corrected chi connectivity index (χ3v) is 5.93. The number of aromatic nitrogens is 1. The summed E-state index contributed by atoms with van der Waals surface area (Å²) in [6.45, 7) is 0.272. The molecule has 0 atom stereocenters. The van der Waals surface area contributed by atoms with Gasteiger partial charge in [0, 0.05) is 17.0 Å². The number of amides is 3. The number of halogens is 2. The van der Waals surface area contributed by atoms with E-state index in [1.807, 2.05) is 30.3 Å². The van der Waals surface area contributed by atoms with Crippen LogP contribution in [0.5, 0.6) is 5.75 Å². The van der Waals surface area contributed by atoms with E-state index in [0.717, 1.165) is 5.56 Å². The number of anilines is 1. The van der Waals surface area contributed by atoms with Crippen molar-refractivity contribution in [3.63, 3.8) is 0 Å². The molecule has 0 fully saturated rings. The Bertz CT molecular complexity index is 1440. The molecule has 8 nitrogen and oxygen atoms in total. The average molecular weight is 525 g/mol. The Morgan fingerprint density at radius 1 is 0.917 bits per heavy atom. The third kappa shape index (κ3) is 5.62. The lowest BCUT2D eigenvalue weighted by Gasteiger charge is -2.14. The van der Waals surface area contributed by atoms with Crippen LogP contribution in [0.15, 0.2) is 72.8 Å². The number of ether oxygens (including phenoxy) is 1. The Morgan fingerprint density at radius 3 is 2.42 bits per heavy atom. The van der Waals surface area contributed by atoms with E-state index in [4.69, 9.17) is 27.9 Å². The smallest absolute Gasteiger partial charge is 0.328 e. The second-order valence-corrected chi connectivity index (χ2v) is 8.62. The van der Waals surface area contributed by atoms with E-state index in [0.29, 0.717) is 33.8 Å². The molecule has 0 radical (unpaired) electrons. The highest BCUT2D eigenvalue weighted by Crippen LogP contribution is 2.30. The summed E-state index contributed by atoms with van der Waals surface area (Å²) in [5.74, 6) is -1.94. The fraction of sp³-hybridized carbons (Fsp3) is 0.115. The number of nitrogens with one attached hydrogen (secondary N) is 3. The van der Waals surface area contributed by atoms with E-state index in [9.17, 15) is 14.4 Å². The molecule has 0 saturated heterocycles. The molecule has 0 aliphatic rings. The number of para-hydroxylation sites is 1. The van der Waals surface area contributed by atoms with Gasteiger partial charge in [-0.1, -0.05) is 65.7 Å². The van der Waals surface area contributed by atoms with Gasteiger partial charge >= 0.3 is 11.8 Å². The minimum absolute atomic E-state index is 0.0611. The maximum atomic E-state index is 13.2. The predicted octanol–water partition coefficient (Wildman–Crippen LogP) is 4.64. The highest BCUT2D eigenvalue weighted by molar-refractivity contribution is 6.38. The number of fused-ring (bicyclic) bond motifs is 1. The van der Waals surface area contributed by atoms with Gasteiger partial charge in [-0.05, 0) is 42.3 Å². The molecular formula is C26H22Cl2N4O4. The lowest BCUT2D eigenvalue weighted by Crippen LogP contribution is -2.40. The van der Waals surface area contributed by atoms with Crippen LogP contribution in [-0.4, -0.2) is 36.1 Å². The van der Waals surface area contributed by atoms with E-state index in [1.54, 1.807) is 36.4 Å². The van der Waals surface area contributed by atoms with E-state index < -0.39 is 17.7 Å². The van der Waals surface area contributed by atoms with Gasteiger partial charge < -0.3 is 15.4 Å². The second kappa shape index (κ2) is 11.2. The largest absolute Gasteiger partial charge is 0.494 e. The quantitative estimate of drug-likeness (QED) is 0.306. The van der Waals surface area contributed by atoms with Crippen molar-refractivity contribution in [2.45, 2.75) is 6.42 Å². The first kappa shape index (κ1) is 25.1. The van der Waals surface area contributed by atoms with Gasteiger partial charge in [0.25, 0.3) is 5.91 Å². The van der Waals surface area contributed by atoms with Gasteiger partial charge in [-0.15, -0.1) is 0 Å². The summed E-state index contributed by atoms with van der Waals surface area (Å²) in [7, 11) is 1.47. The van der Waals surface area contributed by atoms with Gasteiger partial charge in [-0.2, -0.15) is 0 Å². The maximum absolute atomic E-state index is 13.2. The molecule has 36 heavy (non-hydrogen) atoms. The van der Waals surface area contributed by atoms with Gasteiger partial charge in [0.1, 0.15) is 17.0 Å². The number of hydrogen-bond donors (Lipinski definition) is 3. The highest BCUT2D eigenvalue weighted by Gasteiger charge is 2.23. The van der Waals surface area contributed by atoms with Crippen LogP contribution in [0.1, 0.15) is 16.1 Å². The van der Waals surface area contributed by atoms with Gasteiger partial charge in [-0.25, -0.2) is 4.68 Å².